The summed E-state index contributed by atoms with van der Waals surface area (Å²) in [5, 5.41) is 10.2. The van der Waals surface area contributed by atoms with Crippen LogP contribution in [0, 0.1) is 6.92 Å². The number of likely N-dealkylation sites (N-methyl/N-ethyl adjacent to an activating group) is 1. The Morgan fingerprint density at radius 3 is 2.74 bits per heavy atom. The summed E-state index contributed by atoms with van der Waals surface area (Å²) in [7, 11) is 1.76. The van der Waals surface area contributed by atoms with E-state index in [0.717, 1.165) is 24.2 Å². The number of ether oxygens (including phenoxy) is 1. The Kier molecular flexibility index (Phi) is 6.57. The van der Waals surface area contributed by atoms with Gasteiger partial charge in [-0.3, -0.25) is 9.69 Å². The van der Waals surface area contributed by atoms with Crippen molar-refractivity contribution >= 4 is 5.91 Å². The maximum Gasteiger partial charge on any atom is 0.229 e. The molecular formula is C18H28N2O3. The molecule has 0 aliphatic carbocycles. The maximum absolute atomic E-state index is 12.6. The highest BCUT2D eigenvalue weighted by Crippen LogP contribution is 2.18. The molecule has 128 valence electrons. The summed E-state index contributed by atoms with van der Waals surface area (Å²) in [6.45, 7) is 7.99. The van der Waals surface area contributed by atoms with Gasteiger partial charge in [0.05, 0.1) is 25.2 Å². The first-order chi connectivity index (χ1) is 11.0. The van der Waals surface area contributed by atoms with Crippen LogP contribution in [0.3, 0.4) is 0 Å². The van der Waals surface area contributed by atoms with Gasteiger partial charge in [0.15, 0.2) is 0 Å². The second-order valence-corrected chi connectivity index (χ2v) is 6.42. The third-order valence-corrected chi connectivity index (χ3v) is 4.35. The van der Waals surface area contributed by atoms with Crippen molar-refractivity contribution in [1.29, 1.82) is 0 Å². The normalized spacial score (nSPS) is 18.4. The van der Waals surface area contributed by atoms with E-state index in [4.69, 9.17) is 4.74 Å². The van der Waals surface area contributed by atoms with Gasteiger partial charge in [0.2, 0.25) is 5.91 Å². The van der Waals surface area contributed by atoms with Crippen LogP contribution >= 0.6 is 0 Å². The first-order valence-electron chi connectivity index (χ1n) is 8.27. The van der Waals surface area contributed by atoms with E-state index in [1.165, 1.54) is 0 Å². The van der Waals surface area contributed by atoms with Crippen molar-refractivity contribution in [1.82, 2.24) is 9.80 Å². The number of morpholine rings is 1. The van der Waals surface area contributed by atoms with Crippen molar-refractivity contribution in [3.8, 4) is 0 Å². The van der Waals surface area contributed by atoms with Gasteiger partial charge < -0.3 is 14.7 Å². The lowest BCUT2D eigenvalue weighted by Gasteiger charge is -2.30. The minimum absolute atomic E-state index is 0.0385. The van der Waals surface area contributed by atoms with Crippen LogP contribution < -0.4 is 0 Å². The summed E-state index contributed by atoms with van der Waals surface area (Å²) in [4.78, 5) is 16.4. The van der Waals surface area contributed by atoms with Gasteiger partial charge in [-0.05, 0) is 19.4 Å². The van der Waals surface area contributed by atoms with E-state index in [1.54, 1.807) is 11.9 Å². The number of aliphatic hydroxyl groups is 1. The third kappa shape index (κ3) is 5.30. The second kappa shape index (κ2) is 8.43. The number of carbonyl (C=O) groups excluding carboxylic acids is 1. The molecule has 5 nitrogen and oxygen atoms in total. The van der Waals surface area contributed by atoms with Crippen LogP contribution in [-0.2, 0) is 9.53 Å². The Labute approximate surface area is 138 Å². The smallest absolute Gasteiger partial charge is 0.229 e. The molecule has 1 amide bonds. The lowest BCUT2D eigenvalue weighted by atomic mass is 9.98. The molecular weight excluding hydrogens is 292 g/mol. The summed E-state index contributed by atoms with van der Waals surface area (Å²) in [6.07, 6.45) is -0.535. The fraction of sp³-hybridized carbons (Fsp3) is 0.611. The maximum atomic E-state index is 12.6. The number of amides is 1. The van der Waals surface area contributed by atoms with E-state index in [2.05, 4.69) is 4.90 Å². The number of aliphatic hydroxyl groups excluding tert-OH is 1. The van der Waals surface area contributed by atoms with E-state index in [-0.39, 0.29) is 11.8 Å². The molecule has 1 aliphatic heterocycles. The van der Waals surface area contributed by atoms with Gasteiger partial charge >= 0.3 is 0 Å². The molecule has 1 fully saturated rings. The van der Waals surface area contributed by atoms with Crippen LogP contribution in [0.2, 0.25) is 0 Å². The van der Waals surface area contributed by atoms with Crippen LogP contribution in [0.25, 0.3) is 0 Å². The highest BCUT2D eigenvalue weighted by Gasteiger charge is 2.22. The molecule has 1 aliphatic rings. The van der Waals surface area contributed by atoms with Crippen LogP contribution in [-0.4, -0.2) is 73.4 Å². The number of hydrogen-bond acceptors (Lipinski definition) is 4. The molecule has 23 heavy (non-hydrogen) atoms. The summed E-state index contributed by atoms with van der Waals surface area (Å²) in [5.74, 6) is -0.160. The largest absolute Gasteiger partial charge is 0.390 e. The zero-order valence-corrected chi connectivity index (χ0v) is 14.4. The van der Waals surface area contributed by atoms with Gasteiger partial charge in [-0.15, -0.1) is 0 Å². The van der Waals surface area contributed by atoms with Crippen molar-refractivity contribution in [3.63, 3.8) is 0 Å². The fourth-order valence-corrected chi connectivity index (χ4v) is 2.96. The molecule has 0 radical (unpaired) electrons. The molecule has 0 saturated carbocycles. The van der Waals surface area contributed by atoms with Crippen molar-refractivity contribution in [2.45, 2.75) is 25.9 Å². The van der Waals surface area contributed by atoms with Gasteiger partial charge in [-0.1, -0.05) is 29.8 Å². The SMILES string of the molecule is Cc1cccc(C(C)C(=O)N(C)CC(O)CN2CCOCC2)c1. The van der Waals surface area contributed by atoms with E-state index in [9.17, 15) is 9.90 Å². The Bertz CT molecular complexity index is 515. The summed E-state index contributed by atoms with van der Waals surface area (Å²) < 4.78 is 5.30. The lowest BCUT2D eigenvalue weighted by Crippen LogP contribution is -2.45. The molecule has 5 heteroatoms. The summed E-state index contributed by atoms with van der Waals surface area (Å²) >= 11 is 0. The Morgan fingerprint density at radius 2 is 2.09 bits per heavy atom. The Hall–Kier alpha value is -1.43. The van der Waals surface area contributed by atoms with Crippen LogP contribution in [0.5, 0.6) is 0 Å². The number of hydrogen-bond donors (Lipinski definition) is 1. The van der Waals surface area contributed by atoms with E-state index < -0.39 is 6.10 Å². The Balaban J connectivity index is 1.86. The van der Waals surface area contributed by atoms with Gasteiger partial charge in [-0.2, -0.15) is 0 Å². The average molecular weight is 320 g/mol. The first kappa shape index (κ1) is 17.9. The molecule has 2 unspecified atom stereocenters. The van der Waals surface area contributed by atoms with E-state index >= 15 is 0 Å². The first-order valence-corrected chi connectivity index (χ1v) is 8.27. The minimum atomic E-state index is -0.535. The molecule has 0 bridgehead atoms. The highest BCUT2D eigenvalue weighted by atomic mass is 16.5. The van der Waals surface area contributed by atoms with Crippen molar-refractivity contribution in [3.05, 3.63) is 35.4 Å². The van der Waals surface area contributed by atoms with Crippen LogP contribution in [0.15, 0.2) is 24.3 Å². The molecule has 2 atom stereocenters. The minimum Gasteiger partial charge on any atom is -0.390 e. The number of carbonyl (C=O) groups is 1. The number of β-amino-alcohol motifs (C(OH)–C–C–N with tert-alkyl or cyclic N) is 1. The number of aryl methyl sites for hydroxylation is 1. The van der Waals surface area contributed by atoms with Crippen LogP contribution in [0.1, 0.15) is 24.0 Å². The molecule has 0 spiro atoms. The van der Waals surface area contributed by atoms with Gasteiger partial charge in [0, 0.05) is 33.2 Å². The summed E-state index contributed by atoms with van der Waals surface area (Å²) in [6, 6.07) is 8.02. The molecule has 2 rings (SSSR count). The Morgan fingerprint density at radius 1 is 1.39 bits per heavy atom. The topological polar surface area (TPSA) is 53.0 Å². The van der Waals surface area contributed by atoms with Gasteiger partial charge in [-0.25, -0.2) is 0 Å². The predicted molar refractivity (Wildman–Crippen MR) is 90.5 cm³/mol. The molecule has 0 aromatic heterocycles. The summed E-state index contributed by atoms with van der Waals surface area (Å²) in [5.41, 5.74) is 2.17. The molecule has 1 saturated heterocycles. The highest BCUT2D eigenvalue weighted by molar-refractivity contribution is 5.83. The van der Waals surface area contributed by atoms with Crippen LogP contribution in [0.4, 0.5) is 0 Å². The fourth-order valence-electron chi connectivity index (χ4n) is 2.96. The number of rotatable bonds is 6. The van der Waals surface area contributed by atoms with Crippen molar-refractivity contribution in [2.75, 3.05) is 46.4 Å². The van der Waals surface area contributed by atoms with Crippen molar-refractivity contribution in [2.24, 2.45) is 0 Å². The van der Waals surface area contributed by atoms with Gasteiger partial charge in [0.1, 0.15) is 0 Å². The van der Waals surface area contributed by atoms with E-state index in [0.29, 0.717) is 26.3 Å². The number of nitrogens with zero attached hydrogens (tertiary/aromatic N) is 2. The lowest BCUT2D eigenvalue weighted by molar-refractivity contribution is -0.132. The third-order valence-electron chi connectivity index (χ3n) is 4.35. The average Bonchev–Trinajstić information content (AvgIpc) is 2.54. The zero-order valence-electron chi connectivity index (χ0n) is 14.4. The predicted octanol–water partition coefficient (Wildman–Crippen LogP) is 1.25. The monoisotopic (exact) mass is 320 g/mol. The molecule has 1 heterocycles. The van der Waals surface area contributed by atoms with Gasteiger partial charge in [0.25, 0.3) is 0 Å². The number of benzene rings is 1. The molecule has 1 aromatic carbocycles. The molecule has 1 aromatic rings. The molecule has 1 N–H and O–H groups in total. The standard InChI is InChI=1S/C18H28N2O3/c1-14-5-4-6-16(11-14)15(2)18(22)19(3)12-17(21)13-20-7-9-23-10-8-20/h4-6,11,15,17,21H,7-10,12-13H2,1-3H3. The quantitative estimate of drug-likeness (QED) is 0.857. The van der Waals surface area contributed by atoms with Crippen molar-refractivity contribution < 1.29 is 14.6 Å². The zero-order chi connectivity index (χ0) is 16.8. The second-order valence-electron chi connectivity index (χ2n) is 6.42. The van der Waals surface area contributed by atoms with E-state index in [1.807, 2.05) is 38.1 Å².